The van der Waals surface area contributed by atoms with Crippen molar-refractivity contribution in [3.05, 3.63) is 0 Å². The minimum Gasteiger partial charge on any atom is -0.480 e. The lowest BCUT2D eigenvalue weighted by Crippen LogP contribution is -2.43. The minimum absolute atomic E-state index is 0.00610. The fraction of sp³-hybridized carbons (Fsp3) is 0.750. The lowest BCUT2D eigenvalue weighted by Gasteiger charge is -2.17. The Kier molecular flexibility index (Phi) is 5.29. The molecule has 7 nitrogen and oxygen atoms in total. The number of ether oxygens (including phenoxy) is 1. The largest absolute Gasteiger partial charge is 0.480 e. The number of carboxylic acids is 1. The molecule has 0 aliphatic carbocycles. The van der Waals surface area contributed by atoms with Crippen molar-refractivity contribution in [2.75, 3.05) is 13.1 Å². The molecule has 0 aromatic heterocycles. The van der Waals surface area contributed by atoms with E-state index in [1.54, 1.807) is 0 Å². The summed E-state index contributed by atoms with van der Waals surface area (Å²) in [6.07, 6.45) is -0.182. The van der Waals surface area contributed by atoms with Crippen molar-refractivity contribution in [1.82, 2.24) is 10.6 Å². The minimum atomic E-state index is -1.13. The smallest absolute Gasteiger partial charge is 0.322 e. The molecule has 1 heterocycles. The van der Waals surface area contributed by atoms with Gasteiger partial charge in [0.05, 0.1) is 24.7 Å². The molecule has 19 heavy (non-hydrogen) atoms. The summed E-state index contributed by atoms with van der Waals surface area (Å²) >= 11 is 0. The van der Waals surface area contributed by atoms with Crippen molar-refractivity contribution in [1.29, 1.82) is 0 Å². The van der Waals surface area contributed by atoms with Gasteiger partial charge in [-0.1, -0.05) is 6.92 Å². The molecule has 1 rings (SSSR count). The molecule has 0 saturated carbocycles. The molecule has 1 aliphatic rings. The maximum atomic E-state index is 12.0. The number of carboxylic acid groups (broad SMARTS) is 1. The van der Waals surface area contributed by atoms with Gasteiger partial charge in [-0.3, -0.25) is 14.4 Å². The van der Waals surface area contributed by atoms with Crippen molar-refractivity contribution in [2.45, 2.75) is 33.0 Å². The summed E-state index contributed by atoms with van der Waals surface area (Å²) in [5.74, 6) is -2.10. The highest BCUT2D eigenvalue weighted by molar-refractivity contribution is 5.87. The summed E-state index contributed by atoms with van der Waals surface area (Å²) in [6, 6.07) is 0. The Morgan fingerprint density at radius 2 is 1.68 bits per heavy atom. The van der Waals surface area contributed by atoms with Gasteiger partial charge in [-0.15, -0.1) is 0 Å². The topological polar surface area (TPSA) is 105 Å². The van der Waals surface area contributed by atoms with Gasteiger partial charge in [-0.2, -0.15) is 0 Å². The first kappa shape index (κ1) is 15.4. The van der Waals surface area contributed by atoms with E-state index < -0.39 is 18.4 Å². The maximum Gasteiger partial charge on any atom is 0.322 e. The number of nitrogens with one attached hydrogen (secondary N) is 2. The Morgan fingerprint density at radius 1 is 1.05 bits per heavy atom. The average molecular weight is 272 g/mol. The van der Waals surface area contributed by atoms with E-state index in [0.29, 0.717) is 0 Å². The molecule has 4 atom stereocenters. The molecule has 4 unspecified atom stereocenters. The molecule has 0 bridgehead atoms. The van der Waals surface area contributed by atoms with Gasteiger partial charge in [-0.05, 0) is 19.8 Å². The monoisotopic (exact) mass is 272 g/mol. The number of aliphatic carboxylic acids is 1. The third-order valence-corrected chi connectivity index (χ3v) is 3.40. The highest BCUT2D eigenvalue weighted by Crippen LogP contribution is 2.31. The zero-order chi connectivity index (χ0) is 14.6. The number of hydrogen-bond acceptors (Lipinski definition) is 4. The van der Waals surface area contributed by atoms with E-state index in [0.717, 1.165) is 0 Å². The summed E-state index contributed by atoms with van der Waals surface area (Å²) in [5, 5.41) is 13.1. The highest BCUT2D eigenvalue weighted by Gasteiger charge is 2.41. The van der Waals surface area contributed by atoms with Crippen molar-refractivity contribution in [3.63, 3.8) is 0 Å². The first-order chi connectivity index (χ1) is 8.82. The van der Waals surface area contributed by atoms with Crippen LogP contribution in [0.25, 0.3) is 0 Å². The van der Waals surface area contributed by atoms with Crippen LogP contribution < -0.4 is 10.6 Å². The molecule has 7 heteroatoms. The molecule has 1 saturated heterocycles. The number of hydrogen-bond donors (Lipinski definition) is 3. The first-order valence-corrected chi connectivity index (χ1v) is 6.24. The predicted molar refractivity (Wildman–Crippen MR) is 66.3 cm³/mol. The molecule has 2 amide bonds. The van der Waals surface area contributed by atoms with Crippen LogP contribution in [0.1, 0.15) is 20.8 Å². The summed E-state index contributed by atoms with van der Waals surface area (Å²) in [4.78, 5) is 33.5. The van der Waals surface area contributed by atoms with Crippen LogP contribution >= 0.6 is 0 Å². The second-order valence-electron chi connectivity index (χ2n) is 4.82. The summed E-state index contributed by atoms with van der Waals surface area (Å²) < 4.78 is 5.55. The second kappa shape index (κ2) is 6.51. The summed E-state index contributed by atoms with van der Waals surface area (Å²) in [5.41, 5.74) is 0. The molecule has 1 fully saturated rings. The summed E-state index contributed by atoms with van der Waals surface area (Å²) in [7, 11) is 0. The zero-order valence-corrected chi connectivity index (χ0v) is 11.3. The highest BCUT2D eigenvalue weighted by atomic mass is 16.5. The normalized spacial score (nSPS) is 29.8. The van der Waals surface area contributed by atoms with Gasteiger partial charge in [0.1, 0.15) is 6.54 Å². The average Bonchev–Trinajstić information content (AvgIpc) is 2.58. The molecular weight excluding hydrogens is 252 g/mol. The van der Waals surface area contributed by atoms with Gasteiger partial charge in [0.15, 0.2) is 0 Å². The van der Waals surface area contributed by atoms with Gasteiger partial charge in [0.2, 0.25) is 11.8 Å². The molecule has 3 N–H and O–H groups in total. The van der Waals surface area contributed by atoms with Crippen molar-refractivity contribution in [3.8, 4) is 0 Å². The Morgan fingerprint density at radius 3 is 2.16 bits per heavy atom. The summed E-state index contributed by atoms with van der Waals surface area (Å²) in [6.45, 7) is 4.99. The van der Waals surface area contributed by atoms with Crippen LogP contribution in [0, 0.1) is 11.8 Å². The van der Waals surface area contributed by atoms with Gasteiger partial charge >= 0.3 is 5.97 Å². The van der Waals surface area contributed by atoms with Crippen molar-refractivity contribution >= 4 is 17.8 Å². The molecule has 0 aromatic carbocycles. The van der Waals surface area contributed by atoms with Crippen molar-refractivity contribution in [2.24, 2.45) is 11.8 Å². The lowest BCUT2D eigenvalue weighted by molar-refractivity contribution is -0.137. The number of rotatable bonds is 5. The van der Waals surface area contributed by atoms with Crippen LogP contribution in [0.15, 0.2) is 0 Å². The van der Waals surface area contributed by atoms with Gasteiger partial charge in [0.25, 0.3) is 0 Å². The van der Waals surface area contributed by atoms with E-state index >= 15 is 0 Å². The Hall–Kier alpha value is -1.63. The van der Waals surface area contributed by atoms with Gasteiger partial charge < -0.3 is 20.5 Å². The number of carbonyl (C=O) groups is 3. The van der Waals surface area contributed by atoms with E-state index in [9.17, 15) is 14.4 Å². The third kappa shape index (κ3) is 4.20. The molecule has 0 spiro atoms. The quantitative estimate of drug-likeness (QED) is 0.617. The third-order valence-electron chi connectivity index (χ3n) is 3.40. The van der Waals surface area contributed by atoms with Crippen molar-refractivity contribution < 1.29 is 24.2 Å². The first-order valence-electron chi connectivity index (χ1n) is 6.24. The van der Waals surface area contributed by atoms with Crippen LogP contribution in [-0.2, 0) is 19.1 Å². The number of carbonyl (C=O) groups excluding carboxylic acids is 2. The maximum absolute atomic E-state index is 12.0. The SMILES string of the molecule is CC1OC(C)C(C(=O)NCC(=O)NCC(=O)O)C1C. The Labute approximate surface area is 111 Å². The zero-order valence-electron chi connectivity index (χ0n) is 11.3. The van der Waals surface area contributed by atoms with Gasteiger partial charge in [0, 0.05) is 0 Å². The molecule has 1 aliphatic heterocycles. The van der Waals surface area contributed by atoms with Crippen LogP contribution in [0.5, 0.6) is 0 Å². The lowest BCUT2D eigenvalue weighted by atomic mass is 9.89. The fourth-order valence-electron chi connectivity index (χ4n) is 2.24. The van der Waals surface area contributed by atoms with E-state index in [2.05, 4.69) is 10.6 Å². The van der Waals surface area contributed by atoms with Crippen LogP contribution in [-0.4, -0.2) is 48.2 Å². The van der Waals surface area contributed by atoms with E-state index in [-0.39, 0.29) is 36.5 Å². The fourth-order valence-corrected chi connectivity index (χ4v) is 2.24. The second-order valence-corrected chi connectivity index (χ2v) is 4.82. The number of amides is 2. The van der Waals surface area contributed by atoms with Gasteiger partial charge in [-0.25, -0.2) is 0 Å². The molecule has 0 radical (unpaired) electrons. The van der Waals surface area contributed by atoms with Crippen LogP contribution in [0.3, 0.4) is 0 Å². The predicted octanol–water partition coefficient (Wildman–Crippen LogP) is -0.637. The van der Waals surface area contributed by atoms with E-state index in [1.807, 2.05) is 20.8 Å². The Bertz CT molecular complexity index is 371. The van der Waals surface area contributed by atoms with E-state index in [1.165, 1.54) is 0 Å². The molecule has 108 valence electrons. The van der Waals surface area contributed by atoms with Crippen LogP contribution in [0.2, 0.25) is 0 Å². The van der Waals surface area contributed by atoms with E-state index in [4.69, 9.17) is 9.84 Å². The van der Waals surface area contributed by atoms with Crippen LogP contribution in [0.4, 0.5) is 0 Å². The molecule has 0 aromatic rings. The molecular formula is C12H20N2O5. The standard InChI is InChI=1S/C12H20N2O5/c1-6-7(2)19-8(3)11(6)12(18)14-4-9(15)13-5-10(16)17/h6-8,11H,4-5H2,1-3H3,(H,13,15)(H,14,18)(H,16,17). The Balaban J connectivity index is 2.39.